The highest BCUT2D eigenvalue weighted by Gasteiger charge is 2.40. The van der Waals surface area contributed by atoms with Gasteiger partial charge in [0, 0.05) is 11.4 Å². The summed E-state index contributed by atoms with van der Waals surface area (Å²) in [6.07, 6.45) is 4.71. The lowest BCUT2D eigenvalue weighted by Crippen LogP contribution is -2.54. The Hall–Kier alpha value is -1.56. The van der Waals surface area contributed by atoms with Crippen LogP contribution in [-0.2, 0) is 4.79 Å². The summed E-state index contributed by atoms with van der Waals surface area (Å²) in [6, 6.07) is 1.63. The molecular weight excluding hydrogens is 278 g/mol. The summed E-state index contributed by atoms with van der Waals surface area (Å²) in [5.74, 6) is -0.649. The van der Waals surface area contributed by atoms with Crippen molar-refractivity contribution in [1.29, 1.82) is 0 Å². The van der Waals surface area contributed by atoms with Gasteiger partial charge in [-0.15, -0.1) is 11.3 Å². The number of methoxy groups -OCH3 is 1. The van der Waals surface area contributed by atoms with Gasteiger partial charge in [-0.2, -0.15) is 0 Å². The zero-order valence-electron chi connectivity index (χ0n) is 11.5. The molecule has 0 unspecified atom stereocenters. The zero-order valence-corrected chi connectivity index (χ0v) is 12.3. The number of hydrogen-bond acceptors (Lipinski definition) is 4. The van der Waals surface area contributed by atoms with Gasteiger partial charge in [0.15, 0.2) is 0 Å². The van der Waals surface area contributed by atoms with Crippen molar-refractivity contribution in [1.82, 2.24) is 5.32 Å². The second-order valence-electron chi connectivity index (χ2n) is 5.11. The minimum absolute atomic E-state index is 0.331. The van der Waals surface area contributed by atoms with E-state index in [1.807, 2.05) is 0 Å². The van der Waals surface area contributed by atoms with Gasteiger partial charge in [-0.25, -0.2) is 4.79 Å². The predicted molar refractivity (Wildman–Crippen MR) is 76.4 cm³/mol. The van der Waals surface area contributed by atoms with Crippen LogP contribution in [0.2, 0.25) is 0 Å². The molecule has 1 saturated carbocycles. The molecule has 0 aromatic carbocycles. The summed E-state index contributed by atoms with van der Waals surface area (Å²) in [7, 11) is 1.54. The Morgan fingerprint density at radius 3 is 2.45 bits per heavy atom. The maximum absolute atomic E-state index is 12.2. The molecule has 1 aliphatic rings. The van der Waals surface area contributed by atoms with E-state index in [0.29, 0.717) is 23.5 Å². The molecule has 110 valence electrons. The molecule has 0 radical (unpaired) electrons. The van der Waals surface area contributed by atoms with Crippen LogP contribution in [0, 0.1) is 0 Å². The molecule has 6 heteroatoms. The summed E-state index contributed by atoms with van der Waals surface area (Å²) in [6.45, 7) is 0. The number of carbonyl (C=O) groups excluding carboxylic acids is 1. The first-order valence-electron chi connectivity index (χ1n) is 6.76. The van der Waals surface area contributed by atoms with Crippen LogP contribution in [0.5, 0.6) is 5.75 Å². The maximum atomic E-state index is 12.2. The number of carboxylic acid groups (broad SMARTS) is 1. The normalized spacial score (nSPS) is 18.1. The largest absolute Gasteiger partial charge is 0.496 e. The van der Waals surface area contributed by atoms with Gasteiger partial charge in [-0.05, 0) is 12.8 Å². The average molecular weight is 297 g/mol. The van der Waals surface area contributed by atoms with Crippen LogP contribution in [0.1, 0.15) is 48.2 Å². The topological polar surface area (TPSA) is 75.6 Å². The number of thiophene rings is 1. The molecule has 1 aliphatic carbocycles. The Morgan fingerprint density at radius 2 is 1.95 bits per heavy atom. The van der Waals surface area contributed by atoms with E-state index in [-0.39, 0.29) is 5.91 Å². The van der Waals surface area contributed by atoms with Gasteiger partial charge in [0.25, 0.3) is 5.91 Å². The van der Waals surface area contributed by atoms with E-state index in [2.05, 4.69) is 5.32 Å². The van der Waals surface area contributed by atoms with E-state index in [1.54, 1.807) is 11.4 Å². The van der Waals surface area contributed by atoms with E-state index in [4.69, 9.17) is 4.74 Å². The van der Waals surface area contributed by atoms with Crippen molar-refractivity contribution >= 4 is 23.2 Å². The Kier molecular flexibility index (Phi) is 4.65. The molecule has 0 spiro atoms. The van der Waals surface area contributed by atoms with Crippen molar-refractivity contribution in [3.05, 3.63) is 16.3 Å². The molecule has 1 fully saturated rings. The highest BCUT2D eigenvalue weighted by Crippen LogP contribution is 2.29. The fourth-order valence-corrected chi connectivity index (χ4v) is 3.30. The summed E-state index contributed by atoms with van der Waals surface area (Å²) >= 11 is 1.26. The molecule has 1 heterocycles. The molecular formula is C14H19NO4S. The number of nitrogens with one attached hydrogen (secondary N) is 1. The molecule has 0 atom stereocenters. The second-order valence-corrected chi connectivity index (χ2v) is 6.02. The van der Waals surface area contributed by atoms with Gasteiger partial charge in [-0.1, -0.05) is 25.7 Å². The van der Waals surface area contributed by atoms with Crippen LogP contribution in [0.4, 0.5) is 0 Å². The first-order chi connectivity index (χ1) is 9.57. The summed E-state index contributed by atoms with van der Waals surface area (Å²) in [5.41, 5.74) is -1.12. The van der Waals surface area contributed by atoms with Crippen molar-refractivity contribution < 1.29 is 19.4 Å². The lowest BCUT2D eigenvalue weighted by atomic mass is 9.90. The first kappa shape index (κ1) is 14.8. The molecule has 0 saturated heterocycles. The van der Waals surface area contributed by atoms with Gasteiger partial charge in [0.05, 0.1) is 12.0 Å². The summed E-state index contributed by atoms with van der Waals surface area (Å²) in [5, 5.41) is 14.0. The number of carboxylic acids is 1. The first-order valence-corrected chi connectivity index (χ1v) is 7.64. The van der Waals surface area contributed by atoms with Crippen molar-refractivity contribution in [2.24, 2.45) is 0 Å². The zero-order chi connectivity index (χ0) is 14.6. The molecule has 1 amide bonds. The van der Waals surface area contributed by atoms with Gasteiger partial charge in [-0.3, -0.25) is 4.79 Å². The fraction of sp³-hybridized carbons (Fsp3) is 0.571. The monoisotopic (exact) mass is 297 g/mol. The molecule has 2 N–H and O–H groups in total. The van der Waals surface area contributed by atoms with Crippen LogP contribution < -0.4 is 10.1 Å². The number of rotatable bonds is 4. The molecule has 20 heavy (non-hydrogen) atoms. The van der Waals surface area contributed by atoms with Crippen LogP contribution in [-0.4, -0.2) is 29.6 Å². The van der Waals surface area contributed by atoms with Crippen LogP contribution in [0.25, 0.3) is 0 Å². The van der Waals surface area contributed by atoms with E-state index in [1.165, 1.54) is 18.4 Å². The third-order valence-electron chi connectivity index (χ3n) is 3.75. The van der Waals surface area contributed by atoms with E-state index >= 15 is 0 Å². The highest BCUT2D eigenvalue weighted by atomic mass is 32.1. The molecule has 2 rings (SSSR count). The lowest BCUT2D eigenvalue weighted by molar-refractivity contribution is -0.145. The second kappa shape index (κ2) is 6.26. The molecule has 5 nitrogen and oxygen atoms in total. The smallest absolute Gasteiger partial charge is 0.329 e. The van der Waals surface area contributed by atoms with Crippen LogP contribution in [0.3, 0.4) is 0 Å². The van der Waals surface area contributed by atoms with Crippen molar-refractivity contribution in [2.45, 2.75) is 44.1 Å². The van der Waals surface area contributed by atoms with E-state index in [9.17, 15) is 14.7 Å². The van der Waals surface area contributed by atoms with Gasteiger partial charge in [0.2, 0.25) is 0 Å². The van der Waals surface area contributed by atoms with Crippen molar-refractivity contribution in [2.75, 3.05) is 7.11 Å². The SMILES string of the molecule is COc1csc(C(=O)NC2(C(=O)O)CCCCCC2)c1. The molecule has 1 aromatic heterocycles. The van der Waals surface area contributed by atoms with Crippen LogP contribution in [0.15, 0.2) is 11.4 Å². The predicted octanol–water partition coefficient (Wildman–Crippen LogP) is 2.66. The standard InChI is InChI=1S/C14H19NO4S/c1-19-10-8-11(20-9-10)12(16)15-14(13(17)18)6-4-2-3-5-7-14/h8-9H,2-7H2,1H3,(H,15,16)(H,17,18). The lowest BCUT2D eigenvalue weighted by Gasteiger charge is -2.29. The molecule has 0 aliphatic heterocycles. The maximum Gasteiger partial charge on any atom is 0.329 e. The van der Waals surface area contributed by atoms with E-state index in [0.717, 1.165) is 25.7 Å². The third-order valence-corrected chi connectivity index (χ3v) is 4.66. The minimum atomic E-state index is -1.12. The molecule has 0 bridgehead atoms. The highest BCUT2D eigenvalue weighted by molar-refractivity contribution is 7.12. The fourth-order valence-electron chi connectivity index (χ4n) is 2.55. The Bertz CT molecular complexity index is 489. The number of hydrogen-bond donors (Lipinski definition) is 2. The van der Waals surface area contributed by atoms with E-state index < -0.39 is 11.5 Å². The van der Waals surface area contributed by atoms with Crippen LogP contribution >= 0.6 is 11.3 Å². The molecule has 1 aromatic rings. The third kappa shape index (κ3) is 3.12. The number of carbonyl (C=O) groups is 2. The Labute approximate surface area is 121 Å². The van der Waals surface area contributed by atoms with Gasteiger partial charge >= 0.3 is 5.97 Å². The average Bonchev–Trinajstić information content (AvgIpc) is 2.79. The number of aliphatic carboxylic acids is 1. The number of amides is 1. The van der Waals surface area contributed by atoms with Gasteiger partial charge < -0.3 is 15.2 Å². The Balaban J connectivity index is 2.14. The summed E-state index contributed by atoms with van der Waals surface area (Å²) in [4.78, 5) is 24.3. The number of ether oxygens (including phenoxy) is 1. The van der Waals surface area contributed by atoms with Crippen molar-refractivity contribution in [3.8, 4) is 5.75 Å². The minimum Gasteiger partial charge on any atom is -0.496 e. The Morgan fingerprint density at radius 1 is 1.30 bits per heavy atom. The van der Waals surface area contributed by atoms with Gasteiger partial charge in [0.1, 0.15) is 11.3 Å². The summed E-state index contributed by atoms with van der Waals surface area (Å²) < 4.78 is 5.04. The quantitative estimate of drug-likeness (QED) is 0.838. The van der Waals surface area contributed by atoms with Crippen molar-refractivity contribution in [3.63, 3.8) is 0 Å².